The second-order valence-electron chi connectivity index (χ2n) is 5.77. The van der Waals surface area contributed by atoms with Crippen LogP contribution >= 0.6 is 0 Å². The predicted molar refractivity (Wildman–Crippen MR) is 95.1 cm³/mol. The van der Waals surface area contributed by atoms with Crippen LogP contribution in [0.3, 0.4) is 0 Å². The highest BCUT2D eigenvalue weighted by Crippen LogP contribution is 2.18. The molecule has 2 heterocycles. The van der Waals surface area contributed by atoms with Gasteiger partial charge in [-0.25, -0.2) is 9.67 Å². The molecule has 0 spiro atoms. The maximum absolute atomic E-state index is 10.3. The summed E-state index contributed by atoms with van der Waals surface area (Å²) < 4.78 is 6.86. The summed E-state index contributed by atoms with van der Waals surface area (Å²) in [6.07, 6.45) is 2.62. The molecule has 1 aromatic carbocycles. The number of nitrogens with zero attached hydrogens (tertiary/aromatic N) is 4. The average molecular weight is 339 g/mol. The topological polar surface area (TPSA) is 85.1 Å². The summed E-state index contributed by atoms with van der Waals surface area (Å²) in [6.45, 7) is 4.22. The summed E-state index contributed by atoms with van der Waals surface area (Å²) >= 11 is 0. The highest BCUT2D eigenvalue weighted by Gasteiger charge is 2.10. The van der Waals surface area contributed by atoms with Gasteiger partial charge >= 0.3 is 0 Å². The summed E-state index contributed by atoms with van der Waals surface area (Å²) in [6, 6.07) is 9.30. The van der Waals surface area contributed by atoms with Gasteiger partial charge in [0, 0.05) is 12.2 Å². The smallest absolute Gasteiger partial charge is 0.174 e. The number of aliphatic hydroxyl groups is 1. The molecule has 7 nitrogen and oxygen atoms in total. The molecule has 0 amide bonds. The van der Waals surface area contributed by atoms with Gasteiger partial charge in [0.1, 0.15) is 11.6 Å². The molecule has 0 aliphatic carbocycles. The molecule has 2 aromatic heterocycles. The fourth-order valence-corrected chi connectivity index (χ4v) is 2.55. The minimum atomic E-state index is -0.662. The number of aromatic nitrogens is 4. The average Bonchev–Trinajstić information content (AvgIpc) is 2.98. The number of hydrogen-bond donors (Lipinski definition) is 2. The van der Waals surface area contributed by atoms with Gasteiger partial charge in [-0.2, -0.15) is 5.10 Å². The lowest BCUT2D eigenvalue weighted by Gasteiger charge is -2.13. The number of rotatable bonds is 6. The van der Waals surface area contributed by atoms with Gasteiger partial charge in [0.05, 0.1) is 31.3 Å². The van der Waals surface area contributed by atoms with Crippen molar-refractivity contribution in [3.05, 3.63) is 59.7 Å². The van der Waals surface area contributed by atoms with E-state index in [1.807, 2.05) is 44.2 Å². The summed E-state index contributed by atoms with van der Waals surface area (Å²) in [5, 5.41) is 17.8. The molecule has 0 aliphatic heterocycles. The van der Waals surface area contributed by atoms with Crippen molar-refractivity contribution >= 4 is 5.82 Å². The Morgan fingerprint density at radius 1 is 1.20 bits per heavy atom. The van der Waals surface area contributed by atoms with Gasteiger partial charge in [-0.1, -0.05) is 12.1 Å². The lowest BCUT2D eigenvalue weighted by molar-refractivity contribution is 0.191. The van der Waals surface area contributed by atoms with E-state index in [2.05, 4.69) is 20.4 Å². The molecule has 25 heavy (non-hydrogen) atoms. The van der Waals surface area contributed by atoms with Gasteiger partial charge in [-0.15, -0.1) is 0 Å². The molecule has 0 aliphatic rings. The summed E-state index contributed by atoms with van der Waals surface area (Å²) in [5.41, 5.74) is 2.71. The molecule has 0 radical (unpaired) electrons. The number of benzene rings is 1. The normalized spacial score (nSPS) is 12.0. The third kappa shape index (κ3) is 3.95. The van der Waals surface area contributed by atoms with Gasteiger partial charge in [0.25, 0.3) is 0 Å². The van der Waals surface area contributed by atoms with Gasteiger partial charge in [-0.05, 0) is 37.6 Å². The fourth-order valence-electron chi connectivity index (χ4n) is 2.55. The van der Waals surface area contributed by atoms with E-state index >= 15 is 0 Å². The van der Waals surface area contributed by atoms with Crippen molar-refractivity contribution in [1.29, 1.82) is 0 Å². The first-order valence-electron chi connectivity index (χ1n) is 7.98. The summed E-state index contributed by atoms with van der Waals surface area (Å²) in [5.74, 6) is 1.97. The summed E-state index contributed by atoms with van der Waals surface area (Å²) in [7, 11) is 1.61. The third-order valence-electron chi connectivity index (χ3n) is 3.83. The first kappa shape index (κ1) is 16.9. The highest BCUT2D eigenvalue weighted by molar-refractivity contribution is 5.37. The van der Waals surface area contributed by atoms with E-state index < -0.39 is 6.10 Å². The Morgan fingerprint density at radius 3 is 2.60 bits per heavy atom. The molecule has 0 saturated carbocycles. The van der Waals surface area contributed by atoms with E-state index in [4.69, 9.17) is 4.74 Å². The van der Waals surface area contributed by atoms with Gasteiger partial charge in [-0.3, -0.25) is 4.98 Å². The first-order valence-corrected chi connectivity index (χ1v) is 7.98. The minimum absolute atomic E-state index is 0.321. The zero-order valence-corrected chi connectivity index (χ0v) is 14.5. The Morgan fingerprint density at radius 2 is 1.96 bits per heavy atom. The van der Waals surface area contributed by atoms with E-state index in [1.54, 1.807) is 24.2 Å². The van der Waals surface area contributed by atoms with Crippen molar-refractivity contribution in [2.24, 2.45) is 0 Å². The van der Waals surface area contributed by atoms with Crippen LogP contribution in [0.5, 0.6) is 5.75 Å². The van der Waals surface area contributed by atoms with Crippen LogP contribution in [0.2, 0.25) is 0 Å². The maximum Gasteiger partial charge on any atom is 0.174 e. The van der Waals surface area contributed by atoms with Crippen molar-refractivity contribution in [2.45, 2.75) is 20.0 Å². The zero-order chi connectivity index (χ0) is 17.8. The van der Waals surface area contributed by atoms with Crippen LogP contribution in [0.4, 0.5) is 5.82 Å². The van der Waals surface area contributed by atoms with Crippen molar-refractivity contribution in [1.82, 2.24) is 19.7 Å². The third-order valence-corrected chi connectivity index (χ3v) is 3.83. The Balaban J connectivity index is 1.68. The van der Waals surface area contributed by atoms with Crippen molar-refractivity contribution in [3.8, 4) is 11.6 Å². The van der Waals surface area contributed by atoms with Crippen LogP contribution in [0.15, 0.2) is 42.7 Å². The second-order valence-corrected chi connectivity index (χ2v) is 5.77. The molecule has 1 atom stereocenters. The Hall–Kier alpha value is -2.93. The van der Waals surface area contributed by atoms with E-state index in [1.165, 1.54) is 0 Å². The number of hydrogen-bond acceptors (Lipinski definition) is 6. The molecular formula is C18H21N5O2. The van der Waals surface area contributed by atoms with E-state index in [9.17, 15) is 5.11 Å². The fraction of sp³-hybridized carbons (Fsp3) is 0.278. The molecule has 2 N–H and O–H groups in total. The maximum atomic E-state index is 10.3. The first-order chi connectivity index (χ1) is 12.1. The predicted octanol–water partition coefficient (Wildman–Crippen LogP) is 2.43. The molecule has 0 fully saturated rings. The molecule has 7 heteroatoms. The lowest BCUT2D eigenvalue weighted by atomic mass is 10.1. The number of anilines is 1. The molecule has 130 valence electrons. The molecule has 0 saturated heterocycles. The largest absolute Gasteiger partial charge is 0.497 e. The number of ether oxygens (including phenoxy) is 1. The van der Waals surface area contributed by atoms with Crippen LogP contribution in [0.1, 0.15) is 23.1 Å². The van der Waals surface area contributed by atoms with Crippen LogP contribution in [0, 0.1) is 13.8 Å². The van der Waals surface area contributed by atoms with Gasteiger partial charge in [0.2, 0.25) is 0 Å². The van der Waals surface area contributed by atoms with E-state index in [0.717, 1.165) is 22.7 Å². The quantitative estimate of drug-likeness (QED) is 0.717. The van der Waals surface area contributed by atoms with Gasteiger partial charge in [0.15, 0.2) is 5.82 Å². The molecule has 3 rings (SSSR count). The van der Waals surface area contributed by atoms with Crippen LogP contribution in [-0.4, -0.2) is 38.5 Å². The number of aryl methyl sites for hydroxylation is 2. The number of aliphatic hydroxyl groups excluding tert-OH is 1. The molecule has 0 bridgehead atoms. The Kier molecular flexibility index (Phi) is 4.95. The SMILES string of the molecule is COc1ccc([C@@H](O)CNc2cncc(-n3nc(C)cc3C)n2)cc1. The van der Waals surface area contributed by atoms with Crippen molar-refractivity contribution in [3.63, 3.8) is 0 Å². The highest BCUT2D eigenvalue weighted by atomic mass is 16.5. The van der Waals surface area contributed by atoms with Crippen LogP contribution in [-0.2, 0) is 0 Å². The van der Waals surface area contributed by atoms with Crippen molar-refractivity contribution in [2.75, 3.05) is 19.0 Å². The molecule has 0 unspecified atom stereocenters. The lowest BCUT2D eigenvalue weighted by Crippen LogP contribution is -2.14. The minimum Gasteiger partial charge on any atom is -0.497 e. The second kappa shape index (κ2) is 7.31. The molecule has 3 aromatic rings. The monoisotopic (exact) mass is 339 g/mol. The zero-order valence-electron chi connectivity index (χ0n) is 14.5. The Labute approximate surface area is 146 Å². The van der Waals surface area contributed by atoms with Crippen LogP contribution in [0.25, 0.3) is 5.82 Å². The standard InChI is InChI=1S/C18H21N5O2/c1-12-8-13(2)23(22-12)18-11-19-10-17(21-18)20-9-16(24)14-4-6-15(25-3)7-5-14/h4-8,10-11,16,24H,9H2,1-3H3,(H,20,21)/t16-/m0/s1. The van der Waals surface area contributed by atoms with Gasteiger partial charge < -0.3 is 15.2 Å². The van der Waals surface area contributed by atoms with E-state index in [0.29, 0.717) is 18.2 Å². The number of methoxy groups -OCH3 is 1. The van der Waals surface area contributed by atoms with Crippen molar-refractivity contribution < 1.29 is 9.84 Å². The molecular weight excluding hydrogens is 318 g/mol. The summed E-state index contributed by atoms with van der Waals surface area (Å²) in [4.78, 5) is 8.71. The number of nitrogens with one attached hydrogen (secondary N) is 1. The van der Waals surface area contributed by atoms with E-state index in [-0.39, 0.29) is 0 Å². The Bertz CT molecular complexity index is 845. The van der Waals surface area contributed by atoms with Crippen LogP contribution < -0.4 is 10.1 Å².